The second kappa shape index (κ2) is 8.63. The summed E-state index contributed by atoms with van der Waals surface area (Å²) in [6, 6.07) is 12.6. The minimum Gasteiger partial charge on any atom is -0.300 e. The maximum Gasteiger partial charge on any atom is 0.261 e. The van der Waals surface area contributed by atoms with Gasteiger partial charge in [-0.3, -0.25) is 9.62 Å². The van der Waals surface area contributed by atoms with E-state index in [2.05, 4.69) is 29.5 Å². The average molecular weight is 407 g/mol. The molecular formula is C21H27ClN2O2S. The van der Waals surface area contributed by atoms with Gasteiger partial charge in [0.05, 0.1) is 4.90 Å². The lowest BCUT2D eigenvalue weighted by atomic mass is 10.1. The van der Waals surface area contributed by atoms with Crippen LogP contribution in [0.4, 0.5) is 5.69 Å². The Balaban J connectivity index is 1.75. The van der Waals surface area contributed by atoms with E-state index in [1.54, 1.807) is 12.1 Å². The molecule has 1 aliphatic carbocycles. The number of fused-ring (bicyclic) bond motifs is 1. The molecule has 0 spiro atoms. The SMILES string of the molecule is CCCN(CCC)[C@@H]1Cc2ccc(NS(=O)(=O)c3ccc(Cl)cc3)cc2C1. The number of sulfonamides is 1. The van der Waals surface area contributed by atoms with E-state index >= 15 is 0 Å². The van der Waals surface area contributed by atoms with Crippen LogP contribution in [0.25, 0.3) is 0 Å². The summed E-state index contributed by atoms with van der Waals surface area (Å²) in [4.78, 5) is 2.78. The molecule has 27 heavy (non-hydrogen) atoms. The highest BCUT2D eigenvalue weighted by Crippen LogP contribution is 2.29. The largest absolute Gasteiger partial charge is 0.300 e. The molecule has 6 heteroatoms. The second-order valence-corrected chi connectivity index (χ2v) is 9.26. The van der Waals surface area contributed by atoms with E-state index in [0.29, 0.717) is 16.8 Å². The average Bonchev–Trinajstić information content (AvgIpc) is 3.05. The molecule has 2 aromatic carbocycles. The molecule has 0 amide bonds. The third-order valence-electron chi connectivity index (χ3n) is 5.03. The van der Waals surface area contributed by atoms with Gasteiger partial charge in [-0.25, -0.2) is 8.42 Å². The summed E-state index contributed by atoms with van der Waals surface area (Å²) in [6.45, 7) is 6.66. The van der Waals surface area contributed by atoms with Crippen molar-refractivity contribution < 1.29 is 8.42 Å². The standard InChI is InChI=1S/C21H27ClN2O2S/c1-3-11-24(12-4-2)20-14-16-5-8-19(13-17(16)15-20)23-27(25,26)21-9-6-18(22)7-10-21/h5-10,13,20,23H,3-4,11-12,14-15H2,1-2H3/t20-/m1/s1. The van der Waals surface area contributed by atoms with Gasteiger partial charge >= 0.3 is 0 Å². The first-order valence-electron chi connectivity index (χ1n) is 9.57. The van der Waals surface area contributed by atoms with Gasteiger partial charge in [0.15, 0.2) is 0 Å². The number of rotatable bonds is 8. The van der Waals surface area contributed by atoms with Crippen LogP contribution in [0.1, 0.15) is 37.8 Å². The van der Waals surface area contributed by atoms with E-state index in [1.807, 2.05) is 12.1 Å². The highest BCUT2D eigenvalue weighted by molar-refractivity contribution is 7.92. The van der Waals surface area contributed by atoms with Crippen LogP contribution in [0, 0.1) is 0 Å². The fourth-order valence-corrected chi connectivity index (χ4v) is 4.97. The summed E-state index contributed by atoms with van der Waals surface area (Å²) in [5, 5.41) is 0.515. The van der Waals surface area contributed by atoms with E-state index in [9.17, 15) is 8.42 Å². The van der Waals surface area contributed by atoms with Gasteiger partial charge in [0.25, 0.3) is 10.0 Å². The monoisotopic (exact) mass is 406 g/mol. The molecule has 0 heterocycles. The Labute approximate surface area is 167 Å². The third kappa shape index (κ3) is 4.84. The van der Waals surface area contributed by atoms with E-state index in [1.165, 1.54) is 23.3 Å². The molecule has 1 aliphatic rings. The first-order chi connectivity index (χ1) is 12.9. The van der Waals surface area contributed by atoms with Crippen molar-refractivity contribution in [2.45, 2.75) is 50.5 Å². The summed E-state index contributed by atoms with van der Waals surface area (Å²) in [6.07, 6.45) is 4.32. The Bertz CT molecular complexity index is 876. The molecule has 0 saturated carbocycles. The van der Waals surface area contributed by atoms with Crippen molar-refractivity contribution in [2.75, 3.05) is 17.8 Å². The van der Waals surface area contributed by atoms with Crippen LogP contribution in [0.15, 0.2) is 47.4 Å². The van der Waals surface area contributed by atoms with E-state index in [0.717, 1.165) is 38.8 Å². The third-order valence-corrected chi connectivity index (χ3v) is 6.68. The Morgan fingerprint density at radius 3 is 2.26 bits per heavy atom. The molecule has 0 fully saturated rings. The zero-order valence-corrected chi connectivity index (χ0v) is 17.5. The Morgan fingerprint density at radius 2 is 1.63 bits per heavy atom. The zero-order valence-electron chi connectivity index (χ0n) is 15.9. The van der Waals surface area contributed by atoms with Crippen LogP contribution < -0.4 is 4.72 Å². The maximum absolute atomic E-state index is 12.6. The van der Waals surface area contributed by atoms with Crippen LogP contribution in [0.5, 0.6) is 0 Å². The van der Waals surface area contributed by atoms with E-state index < -0.39 is 10.0 Å². The number of nitrogens with zero attached hydrogens (tertiary/aromatic N) is 1. The van der Waals surface area contributed by atoms with Crippen LogP contribution >= 0.6 is 11.6 Å². The summed E-state index contributed by atoms with van der Waals surface area (Å²) >= 11 is 5.85. The highest BCUT2D eigenvalue weighted by atomic mass is 35.5. The molecule has 0 saturated heterocycles. The Hall–Kier alpha value is -1.56. The van der Waals surface area contributed by atoms with Gasteiger partial charge in [0.1, 0.15) is 0 Å². The minimum atomic E-state index is -3.61. The van der Waals surface area contributed by atoms with Crippen molar-refractivity contribution in [3.05, 3.63) is 58.6 Å². The number of anilines is 1. The molecule has 146 valence electrons. The van der Waals surface area contributed by atoms with Gasteiger partial charge in [0, 0.05) is 16.8 Å². The van der Waals surface area contributed by atoms with Crippen LogP contribution in [0.2, 0.25) is 5.02 Å². The molecule has 2 aromatic rings. The first kappa shape index (κ1) is 20.2. The molecule has 0 aromatic heterocycles. The molecular weight excluding hydrogens is 380 g/mol. The van der Waals surface area contributed by atoms with Crippen molar-refractivity contribution in [1.29, 1.82) is 0 Å². The highest BCUT2D eigenvalue weighted by Gasteiger charge is 2.26. The lowest BCUT2D eigenvalue weighted by Gasteiger charge is -2.27. The van der Waals surface area contributed by atoms with Crippen LogP contribution in [0.3, 0.4) is 0 Å². The fraction of sp³-hybridized carbons (Fsp3) is 0.429. The van der Waals surface area contributed by atoms with Crippen molar-refractivity contribution >= 4 is 27.3 Å². The molecule has 4 nitrogen and oxygen atoms in total. The predicted molar refractivity (Wildman–Crippen MR) is 112 cm³/mol. The number of nitrogens with one attached hydrogen (secondary N) is 1. The minimum absolute atomic E-state index is 0.211. The van der Waals surface area contributed by atoms with Gasteiger partial charge < -0.3 is 0 Å². The van der Waals surface area contributed by atoms with Gasteiger partial charge in [-0.05, 0) is 86.3 Å². The van der Waals surface area contributed by atoms with Crippen LogP contribution in [-0.2, 0) is 22.9 Å². The summed E-state index contributed by atoms with van der Waals surface area (Å²) in [5.74, 6) is 0. The summed E-state index contributed by atoms with van der Waals surface area (Å²) < 4.78 is 27.9. The van der Waals surface area contributed by atoms with Gasteiger partial charge in [-0.15, -0.1) is 0 Å². The summed E-state index contributed by atoms with van der Waals surface area (Å²) in [7, 11) is -3.61. The smallest absolute Gasteiger partial charge is 0.261 e. The molecule has 1 atom stereocenters. The van der Waals surface area contributed by atoms with Crippen molar-refractivity contribution in [3.8, 4) is 0 Å². The quantitative estimate of drug-likeness (QED) is 0.689. The molecule has 1 N–H and O–H groups in total. The van der Waals surface area contributed by atoms with Crippen molar-refractivity contribution in [3.63, 3.8) is 0 Å². The lowest BCUT2D eigenvalue weighted by molar-refractivity contribution is 0.202. The number of benzene rings is 2. The van der Waals surface area contributed by atoms with Gasteiger partial charge in [0.2, 0.25) is 0 Å². The van der Waals surface area contributed by atoms with Crippen molar-refractivity contribution in [2.24, 2.45) is 0 Å². The fourth-order valence-electron chi connectivity index (χ4n) is 3.80. The van der Waals surface area contributed by atoms with Crippen LogP contribution in [-0.4, -0.2) is 32.4 Å². The first-order valence-corrected chi connectivity index (χ1v) is 11.4. The molecule has 0 aliphatic heterocycles. The van der Waals surface area contributed by atoms with E-state index in [4.69, 9.17) is 11.6 Å². The van der Waals surface area contributed by atoms with Crippen molar-refractivity contribution in [1.82, 2.24) is 4.90 Å². The zero-order chi connectivity index (χ0) is 19.4. The molecule has 0 radical (unpaired) electrons. The topological polar surface area (TPSA) is 49.4 Å². The molecule has 0 unspecified atom stereocenters. The number of halogens is 1. The summed E-state index contributed by atoms with van der Waals surface area (Å²) in [5.41, 5.74) is 3.18. The predicted octanol–water partition coefficient (Wildman–Crippen LogP) is 4.73. The molecule has 3 rings (SSSR count). The Kier molecular flexibility index (Phi) is 6.45. The number of hydrogen-bond acceptors (Lipinski definition) is 3. The molecule has 0 bridgehead atoms. The number of hydrogen-bond donors (Lipinski definition) is 1. The van der Waals surface area contributed by atoms with Gasteiger partial charge in [-0.2, -0.15) is 0 Å². The lowest BCUT2D eigenvalue weighted by Crippen LogP contribution is -2.37. The second-order valence-electron chi connectivity index (χ2n) is 7.14. The Morgan fingerprint density at radius 1 is 1.00 bits per heavy atom. The maximum atomic E-state index is 12.6. The van der Waals surface area contributed by atoms with E-state index in [-0.39, 0.29) is 4.90 Å². The normalized spacial score (nSPS) is 16.5. The van der Waals surface area contributed by atoms with Gasteiger partial charge in [-0.1, -0.05) is 31.5 Å².